The number of fused-ring (bicyclic) bond motifs is 8. The Morgan fingerprint density at radius 1 is 0.519 bits per heavy atom. The van der Waals surface area contributed by atoms with Crippen LogP contribution < -0.4 is 46.7 Å². The molecule has 0 atom stereocenters. The molecule has 0 fully saturated rings. The van der Waals surface area contributed by atoms with Crippen molar-refractivity contribution in [2.24, 2.45) is 0 Å². The number of unbranched alkanes of at least 4 members (excludes halogenated alkanes) is 1. The Kier molecular flexibility index (Phi) is 12.0. The molecule has 0 bridgehead atoms. The Bertz CT molecular complexity index is 2110. The first-order valence-corrected chi connectivity index (χ1v) is 19.5. The normalized spacial score (nSPS) is 13.0. The molecule has 2 aliphatic carbocycles. The second kappa shape index (κ2) is 16.5. The molecule has 0 N–H and O–H groups in total. The minimum Gasteiger partial charge on any atom is -0.497 e. The van der Waals surface area contributed by atoms with Gasteiger partial charge in [-0.15, -0.1) is 20.5 Å². The third kappa shape index (κ3) is 9.43. The van der Waals surface area contributed by atoms with Crippen molar-refractivity contribution in [2.45, 2.75) is 51.4 Å². The zero-order valence-electron chi connectivity index (χ0n) is 29.4. The smallest absolute Gasteiger partial charge is 0.364 e. The van der Waals surface area contributed by atoms with E-state index in [9.17, 15) is 0 Å². The van der Waals surface area contributed by atoms with Crippen LogP contribution in [-0.2, 0) is 38.5 Å². The van der Waals surface area contributed by atoms with Crippen LogP contribution in [0.2, 0.25) is 0 Å². The summed E-state index contributed by atoms with van der Waals surface area (Å²) in [7, 11) is -6.43. The molecule has 0 unspecified atom stereocenters. The minimum atomic E-state index is -4.94. The van der Waals surface area contributed by atoms with Gasteiger partial charge in [-0.1, -0.05) is 24.3 Å². The molecule has 6 aromatic rings. The monoisotopic (exact) mass is 778 g/mol. The highest BCUT2D eigenvalue weighted by Crippen LogP contribution is 2.42. The van der Waals surface area contributed by atoms with Gasteiger partial charge in [-0.3, -0.25) is 0 Å². The number of benzene rings is 4. The molecule has 4 aromatic carbocycles. The number of para-hydroxylation sites is 2. The summed E-state index contributed by atoms with van der Waals surface area (Å²) in [5, 5.41) is 2.49. The molecule has 0 amide bonds. The van der Waals surface area contributed by atoms with E-state index in [-0.39, 0.29) is 0 Å². The van der Waals surface area contributed by atoms with Crippen LogP contribution in [0, 0.1) is 20.5 Å². The predicted molar refractivity (Wildman–Crippen MR) is 177 cm³/mol. The maximum atomic E-state index is 8.49. The Hall–Kier alpha value is -4.44. The van der Waals surface area contributed by atoms with Gasteiger partial charge in [0.1, 0.15) is 11.5 Å². The summed E-state index contributed by atoms with van der Waals surface area (Å²) in [6.07, 6.45) is 8.26. The Morgan fingerprint density at radius 3 is 1.26 bits per heavy atom. The SMILES string of the molecule is COc1ccc2c(c1)CCc1c-2[o+]c2ccccc2c1CCCCc1c2c([o+]c3ccccc13)-c1ccc(OC)cc1CC2.[O-][Cl+3]([O-])([O-])[O-].[O-][Cl+3]([O-])([O-])[O-]. The number of methoxy groups -OCH3 is 2. The van der Waals surface area contributed by atoms with Crippen molar-refractivity contribution in [2.75, 3.05) is 14.2 Å². The number of aryl methyl sites for hydroxylation is 4. The third-order valence-electron chi connectivity index (χ3n) is 9.63. The average molecular weight is 780 g/mol. The van der Waals surface area contributed by atoms with E-state index in [1.807, 2.05) is 12.1 Å². The maximum absolute atomic E-state index is 8.49. The van der Waals surface area contributed by atoms with Crippen LogP contribution in [0.25, 0.3) is 44.6 Å². The van der Waals surface area contributed by atoms with Crippen LogP contribution in [0.15, 0.2) is 93.8 Å². The molecule has 282 valence electrons. The summed E-state index contributed by atoms with van der Waals surface area (Å²) in [5.74, 6) is 3.87. The van der Waals surface area contributed by atoms with Crippen LogP contribution in [0.3, 0.4) is 0 Å². The first kappa shape index (κ1) is 39.3. The van der Waals surface area contributed by atoms with Crippen molar-refractivity contribution < 1.29 is 76.1 Å². The van der Waals surface area contributed by atoms with Crippen LogP contribution >= 0.6 is 0 Å². The lowest BCUT2D eigenvalue weighted by molar-refractivity contribution is -2.00. The highest BCUT2D eigenvalue weighted by atomic mass is 35.7. The molecule has 0 saturated carbocycles. The van der Waals surface area contributed by atoms with Crippen molar-refractivity contribution in [3.63, 3.8) is 0 Å². The van der Waals surface area contributed by atoms with Crippen LogP contribution in [-0.4, -0.2) is 14.2 Å². The molecular weight excluding hydrogens is 743 g/mol. The minimum absolute atomic E-state index is 0.903. The second-order valence-corrected chi connectivity index (χ2v) is 14.3. The average Bonchev–Trinajstić information content (AvgIpc) is 3.13. The summed E-state index contributed by atoms with van der Waals surface area (Å²) < 4.78 is 92.2. The lowest BCUT2D eigenvalue weighted by Crippen LogP contribution is -2.68. The van der Waals surface area contributed by atoms with Gasteiger partial charge in [0, 0.05) is 12.1 Å². The lowest BCUT2D eigenvalue weighted by Gasteiger charge is -2.18. The molecule has 12 nitrogen and oxygen atoms in total. The molecule has 54 heavy (non-hydrogen) atoms. The topological polar surface area (TPSA) is 226 Å². The lowest BCUT2D eigenvalue weighted by atomic mass is 9.84. The van der Waals surface area contributed by atoms with Crippen molar-refractivity contribution in [1.82, 2.24) is 0 Å². The summed E-state index contributed by atoms with van der Waals surface area (Å²) in [5.41, 5.74) is 12.5. The molecular formula is C40H36Cl2O12. The zero-order valence-corrected chi connectivity index (χ0v) is 30.9. The maximum Gasteiger partial charge on any atom is 0.364 e. The summed E-state index contributed by atoms with van der Waals surface area (Å²) in [6, 6.07) is 29.8. The number of hydrogen-bond donors (Lipinski definition) is 0. The van der Waals surface area contributed by atoms with E-state index >= 15 is 0 Å². The first-order chi connectivity index (χ1) is 25.7. The van der Waals surface area contributed by atoms with Crippen LogP contribution in [0.4, 0.5) is 0 Å². The molecule has 0 spiro atoms. The molecule has 0 radical (unpaired) electrons. The molecule has 2 heterocycles. The van der Waals surface area contributed by atoms with E-state index < -0.39 is 20.5 Å². The van der Waals surface area contributed by atoms with E-state index in [1.54, 1.807) is 14.2 Å². The van der Waals surface area contributed by atoms with Gasteiger partial charge in [0.15, 0.2) is 0 Å². The van der Waals surface area contributed by atoms with Gasteiger partial charge in [-0.25, -0.2) is 46.1 Å². The highest BCUT2D eigenvalue weighted by Gasteiger charge is 2.33. The van der Waals surface area contributed by atoms with Gasteiger partial charge in [-0.05, 0) is 122 Å². The molecule has 14 heteroatoms. The Morgan fingerprint density at radius 2 is 0.889 bits per heavy atom. The summed E-state index contributed by atoms with van der Waals surface area (Å²) in [6.45, 7) is 0. The second-order valence-electron chi connectivity index (χ2n) is 12.8. The molecule has 8 rings (SSSR count). The van der Waals surface area contributed by atoms with Crippen LogP contribution in [0.5, 0.6) is 11.5 Å². The number of rotatable bonds is 7. The Labute approximate surface area is 315 Å². The number of ether oxygens (including phenoxy) is 2. The van der Waals surface area contributed by atoms with Gasteiger partial charge >= 0.3 is 22.7 Å². The van der Waals surface area contributed by atoms with Crippen molar-refractivity contribution >= 4 is 21.9 Å². The van der Waals surface area contributed by atoms with Crippen LogP contribution in [0.1, 0.15) is 46.2 Å². The molecule has 2 aliphatic rings. The number of hydrogen-bond acceptors (Lipinski definition) is 10. The Balaban J connectivity index is 0.000000444. The number of halogens is 2. The van der Waals surface area contributed by atoms with Gasteiger partial charge in [-0.2, -0.15) is 0 Å². The van der Waals surface area contributed by atoms with E-state index in [2.05, 4.69) is 72.8 Å². The van der Waals surface area contributed by atoms with E-state index in [4.69, 9.17) is 55.6 Å². The van der Waals surface area contributed by atoms with Gasteiger partial charge in [0.25, 0.3) is 0 Å². The quantitative estimate of drug-likeness (QED) is 0.158. The first-order valence-electron chi connectivity index (χ1n) is 17.0. The largest absolute Gasteiger partial charge is 0.497 e. The van der Waals surface area contributed by atoms with Gasteiger partial charge in [0.2, 0.25) is 0 Å². The standard InChI is InChI=1S/C40H36O4.2ClHO4/c1-41-27-17-21-29-25(23-27)15-19-35-31(33-11-5-7-13-37(33)43-39(29)35)9-3-4-10-32-34-12-6-8-14-38(34)44-40-30-22-18-28(42-2)24-26(30)16-20-36(32)40;2*2-1(3,4)5/h5-8,11-14,17-18,21-24H,3-4,9-10,15-16,19-20H2,1-2H3;2*(H,2,3,4,5)/q+2;;/p-2. The molecule has 2 aromatic heterocycles. The highest BCUT2D eigenvalue weighted by molar-refractivity contribution is 5.87. The fourth-order valence-corrected chi connectivity index (χ4v) is 7.46. The molecule has 0 saturated heterocycles. The van der Waals surface area contributed by atoms with Crippen molar-refractivity contribution in [1.29, 1.82) is 0 Å². The predicted octanol–water partition coefficient (Wildman–Crippen LogP) is 0.343. The van der Waals surface area contributed by atoms with Gasteiger partial charge < -0.3 is 9.47 Å². The fourth-order valence-electron chi connectivity index (χ4n) is 7.46. The fraction of sp³-hybridized carbons (Fsp3) is 0.250. The van der Waals surface area contributed by atoms with Gasteiger partial charge in [0.05, 0.1) is 47.2 Å². The third-order valence-corrected chi connectivity index (χ3v) is 9.63. The summed E-state index contributed by atoms with van der Waals surface area (Å²) >= 11 is 0. The zero-order chi connectivity index (χ0) is 38.6. The van der Waals surface area contributed by atoms with Crippen molar-refractivity contribution in [3.05, 3.63) is 118 Å². The molecule has 0 aliphatic heterocycles. The van der Waals surface area contributed by atoms with E-state index in [0.29, 0.717) is 0 Å². The summed E-state index contributed by atoms with van der Waals surface area (Å²) in [4.78, 5) is 0. The van der Waals surface area contributed by atoms with E-state index in [1.165, 1.54) is 55.3 Å². The van der Waals surface area contributed by atoms with Crippen molar-refractivity contribution in [3.8, 4) is 34.1 Å². The van der Waals surface area contributed by atoms with E-state index in [0.717, 1.165) is 85.6 Å².